The molecule has 0 spiro atoms. The lowest BCUT2D eigenvalue weighted by Gasteiger charge is -2.20. The lowest BCUT2D eigenvalue weighted by atomic mass is 10.1. The van der Waals surface area contributed by atoms with E-state index in [4.69, 9.17) is 0 Å². The predicted octanol–water partition coefficient (Wildman–Crippen LogP) is 3.84. The van der Waals surface area contributed by atoms with Crippen molar-refractivity contribution in [2.75, 3.05) is 14.2 Å². The lowest BCUT2D eigenvalue weighted by Crippen LogP contribution is -2.27. The van der Waals surface area contributed by atoms with Gasteiger partial charge in [-0.25, -0.2) is 0 Å². The first-order valence-corrected chi connectivity index (χ1v) is 7.56. The fourth-order valence-corrected chi connectivity index (χ4v) is 2.23. The van der Waals surface area contributed by atoms with Crippen molar-refractivity contribution in [3.63, 3.8) is 0 Å². The van der Waals surface area contributed by atoms with Crippen LogP contribution in [0.3, 0.4) is 0 Å². The smallest absolute Gasteiger partial charge is 0.405 e. The number of alkyl halides is 3. The normalized spacial score (nSPS) is 11.4. The van der Waals surface area contributed by atoms with Gasteiger partial charge in [0.15, 0.2) is 0 Å². The van der Waals surface area contributed by atoms with Crippen molar-refractivity contribution in [3.8, 4) is 5.75 Å². The summed E-state index contributed by atoms with van der Waals surface area (Å²) in [7, 11) is 2.93. The van der Waals surface area contributed by atoms with Crippen molar-refractivity contribution in [2.24, 2.45) is 5.16 Å². The highest BCUT2D eigenvalue weighted by atomic mass is 19.4. The van der Waals surface area contributed by atoms with Crippen LogP contribution in [-0.4, -0.2) is 37.5 Å². The number of nitrogens with zero attached hydrogens (tertiary/aromatic N) is 2. The molecule has 0 bridgehead atoms. The molecule has 0 aromatic heterocycles. The van der Waals surface area contributed by atoms with E-state index in [1.807, 2.05) is 0 Å². The first-order chi connectivity index (χ1) is 12.3. The number of rotatable bonds is 6. The summed E-state index contributed by atoms with van der Waals surface area (Å²) in [4.78, 5) is 18.4. The lowest BCUT2D eigenvalue weighted by molar-refractivity contribution is -0.275. The van der Waals surface area contributed by atoms with E-state index in [0.29, 0.717) is 5.56 Å². The fourth-order valence-electron chi connectivity index (χ4n) is 2.23. The van der Waals surface area contributed by atoms with Gasteiger partial charge in [-0.3, -0.25) is 4.79 Å². The van der Waals surface area contributed by atoms with E-state index < -0.39 is 6.36 Å². The molecule has 26 heavy (non-hydrogen) atoms. The fraction of sp³-hybridized carbons (Fsp3) is 0.222. The van der Waals surface area contributed by atoms with E-state index >= 15 is 0 Å². The van der Waals surface area contributed by atoms with Crippen molar-refractivity contribution >= 4 is 12.1 Å². The maximum absolute atomic E-state index is 12.5. The Balaban J connectivity index is 2.11. The SMILES string of the molecule is CO/N=C/c1ccc(C(=O)N(C)Cc2ccccc2OC(F)(F)F)cc1. The van der Waals surface area contributed by atoms with Crippen LogP contribution in [0.5, 0.6) is 5.75 Å². The van der Waals surface area contributed by atoms with E-state index in [-0.39, 0.29) is 23.8 Å². The van der Waals surface area contributed by atoms with Gasteiger partial charge in [-0.15, -0.1) is 13.2 Å². The summed E-state index contributed by atoms with van der Waals surface area (Å²) in [5.41, 5.74) is 1.40. The molecule has 0 unspecified atom stereocenters. The maximum atomic E-state index is 12.5. The van der Waals surface area contributed by atoms with Crippen molar-refractivity contribution < 1.29 is 27.5 Å². The van der Waals surface area contributed by atoms with Crippen LogP contribution >= 0.6 is 0 Å². The highest BCUT2D eigenvalue weighted by Crippen LogP contribution is 2.27. The summed E-state index contributed by atoms with van der Waals surface area (Å²) in [5, 5.41) is 3.62. The Morgan fingerprint density at radius 3 is 2.42 bits per heavy atom. The van der Waals surface area contributed by atoms with Gasteiger partial charge in [0.2, 0.25) is 0 Å². The van der Waals surface area contributed by atoms with E-state index in [1.165, 1.54) is 43.5 Å². The number of amides is 1. The molecule has 138 valence electrons. The molecule has 2 aromatic carbocycles. The summed E-state index contributed by atoms with van der Waals surface area (Å²) < 4.78 is 41.5. The van der Waals surface area contributed by atoms with Gasteiger partial charge in [0, 0.05) is 24.7 Å². The monoisotopic (exact) mass is 366 g/mol. The molecule has 8 heteroatoms. The van der Waals surface area contributed by atoms with Crippen molar-refractivity contribution in [3.05, 3.63) is 65.2 Å². The zero-order chi connectivity index (χ0) is 19.2. The largest absolute Gasteiger partial charge is 0.573 e. The number of ether oxygens (including phenoxy) is 1. The standard InChI is InChI=1S/C18H17F3N2O3/c1-23(12-15-5-3-4-6-16(15)26-18(19,20)21)17(24)14-9-7-13(8-10-14)11-22-25-2/h3-11H,12H2,1-2H3/b22-11+. The molecule has 0 fully saturated rings. The first kappa shape index (κ1) is 19.3. The van der Waals surface area contributed by atoms with Crippen molar-refractivity contribution in [1.82, 2.24) is 4.90 Å². The Labute approximate surface area is 148 Å². The minimum absolute atomic E-state index is 0.0298. The molecule has 0 aliphatic rings. The van der Waals surface area contributed by atoms with Crippen LogP contribution < -0.4 is 4.74 Å². The second-order valence-corrected chi connectivity index (χ2v) is 5.36. The molecule has 0 heterocycles. The van der Waals surface area contributed by atoms with Crippen LogP contribution in [0.4, 0.5) is 13.2 Å². The molecule has 0 aliphatic carbocycles. The maximum Gasteiger partial charge on any atom is 0.573 e. The average Bonchev–Trinajstić information content (AvgIpc) is 2.60. The van der Waals surface area contributed by atoms with Gasteiger partial charge in [0.05, 0.1) is 6.21 Å². The summed E-state index contributed by atoms with van der Waals surface area (Å²) in [6, 6.07) is 12.3. The van der Waals surface area contributed by atoms with E-state index in [9.17, 15) is 18.0 Å². The minimum Gasteiger partial charge on any atom is -0.405 e. The molecular weight excluding hydrogens is 349 g/mol. The number of carbonyl (C=O) groups excluding carboxylic acids is 1. The van der Waals surface area contributed by atoms with Gasteiger partial charge in [0.1, 0.15) is 12.9 Å². The quantitative estimate of drug-likeness (QED) is 0.577. The van der Waals surface area contributed by atoms with E-state index in [2.05, 4.69) is 14.7 Å². The molecular formula is C18H17F3N2O3. The second-order valence-electron chi connectivity index (χ2n) is 5.36. The molecule has 2 aromatic rings. The number of carbonyl (C=O) groups is 1. The van der Waals surface area contributed by atoms with Crippen LogP contribution in [-0.2, 0) is 11.4 Å². The number of hydrogen-bond donors (Lipinski definition) is 0. The van der Waals surface area contributed by atoms with Gasteiger partial charge < -0.3 is 14.5 Å². The third kappa shape index (κ3) is 5.51. The molecule has 0 N–H and O–H groups in total. The average molecular weight is 366 g/mol. The number of hydrogen-bond acceptors (Lipinski definition) is 4. The van der Waals surface area contributed by atoms with Crippen molar-refractivity contribution in [2.45, 2.75) is 12.9 Å². The molecule has 0 saturated heterocycles. The molecule has 0 atom stereocenters. The van der Waals surface area contributed by atoms with Gasteiger partial charge in [-0.05, 0) is 23.8 Å². The highest BCUT2D eigenvalue weighted by molar-refractivity contribution is 5.94. The summed E-state index contributed by atoms with van der Waals surface area (Å²) in [5.74, 6) is -0.659. The predicted molar refractivity (Wildman–Crippen MR) is 90.0 cm³/mol. The van der Waals surface area contributed by atoms with Crippen LogP contribution in [0, 0.1) is 0 Å². The third-order valence-corrected chi connectivity index (χ3v) is 3.42. The van der Waals surface area contributed by atoms with E-state index in [1.54, 1.807) is 30.3 Å². The highest BCUT2D eigenvalue weighted by Gasteiger charge is 2.32. The summed E-state index contributed by atoms with van der Waals surface area (Å²) in [6.07, 6.45) is -3.30. The third-order valence-electron chi connectivity index (χ3n) is 3.42. The number of oxime groups is 1. The Morgan fingerprint density at radius 2 is 1.81 bits per heavy atom. The molecule has 0 saturated carbocycles. The van der Waals surface area contributed by atoms with Crippen LogP contribution in [0.15, 0.2) is 53.7 Å². The van der Waals surface area contributed by atoms with Gasteiger partial charge in [-0.2, -0.15) is 0 Å². The summed E-state index contributed by atoms with van der Waals surface area (Å²) >= 11 is 0. The first-order valence-electron chi connectivity index (χ1n) is 7.56. The number of benzene rings is 2. The Hall–Kier alpha value is -3.03. The Morgan fingerprint density at radius 1 is 1.15 bits per heavy atom. The number of halogens is 3. The minimum atomic E-state index is -4.79. The van der Waals surface area contributed by atoms with Crippen LogP contribution in [0.2, 0.25) is 0 Å². The molecule has 0 radical (unpaired) electrons. The Kier molecular flexibility index (Phi) is 6.21. The van der Waals surface area contributed by atoms with Gasteiger partial charge >= 0.3 is 6.36 Å². The van der Waals surface area contributed by atoms with Gasteiger partial charge in [-0.1, -0.05) is 35.5 Å². The number of para-hydroxylation sites is 1. The van der Waals surface area contributed by atoms with Crippen LogP contribution in [0.1, 0.15) is 21.5 Å². The van der Waals surface area contributed by atoms with Crippen molar-refractivity contribution in [1.29, 1.82) is 0 Å². The molecule has 0 aliphatic heterocycles. The van der Waals surface area contributed by atoms with Gasteiger partial charge in [0.25, 0.3) is 5.91 Å². The van der Waals surface area contributed by atoms with E-state index in [0.717, 1.165) is 5.56 Å². The zero-order valence-corrected chi connectivity index (χ0v) is 14.2. The molecule has 1 amide bonds. The molecule has 2 rings (SSSR count). The van der Waals surface area contributed by atoms with Crippen LogP contribution in [0.25, 0.3) is 0 Å². The molecule has 5 nitrogen and oxygen atoms in total. The zero-order valence-electron chi connectivity index (χ0n) is 14.2. The topological polar surface area (TPSA) is 51.1 Å². The summed E-state index contributed by atoms with van der Waals surface area (Å²) in [6.45, 7) is -0.0298. The second kappa shape index (κ2) is 8.37. The Bertz CT molecular complexity index is 774.